The molecule has 1 unspecified atom stereocenters. The first-order valence-electron chi connectivity index (χ1n) is 7.31. The van der Waals surface area contributed by atoms with Crippen LogP contribution in [-0.2, 0) is 4.79 Å². The second-order valence-corrected chi connectivity index (χ2v) is 5.45. The van der Waals surface area contributed by atoms with Gasteiger partial charge in [-0.1, -0.05) is 20.8 Å². The minimum atomic E-state index is -0.863. The summed E-state index contributed by atoms with van der Waals surface area (Å²) >= 11 is 0. The molecule has 0 bridgehead atoms. The van der Waals surface area contributed by atoms with Crippen molar-refractivity contribution in [2.24, 2.45) is 0 Å². The zero-order chi connectivity index (χ0) is 16.4. The van der Waals surface area contributed by atoms with Crippen LogP contribution in [0.5, 0.6) is 11.5 Å². The first kappa shape index (κ1) is 16.1. The Kier molecular flexibility index (Phi) is 4.59. The molecule has 1 atom stereocenters. The molecule has 0 aliphatic rings. The van der Waals surface area contributed by atoms with E-state index in [0.717, 1.165) is 11.3 Å². The zero-order valence-electron chi connectivity index (χ0n) is 13.6. The quantitative estimate of drug-likeness (QED) is 0.887. The van der Waals surface area contributed by atoms with Crippen molar-refractivity contribution in [3.8, 4) is 11.5 Å². The van der Waals surface area contributed by atoms with Crippen molar-refractivity contribution in [2.45, 2.75) is 39.2 Å². The lowest BCUT2D eigenvalue weighted by atomic mass is 10.1. The molecule has 0 fully saturated rings. The van der Waals surface area contributed by atoms with Crippen molar-refractivity contribution in [2.75, 3.05) is 14.2 Å². The molecule has 6 heteroatoms. The van der Waals surface area contributed by atoms with E-state index < -0.39 is 12.0 Å². The molecule has 22 heavy (non-hydrogen) atoms. The van der Waals surface area contributed by atoms with Gasteiger partial charge in [0.2, 0.25) is 0 Å². The second kappa shape index (κ2) is 6.25. The summed E-state index contributed by atoms with van der Waals surface area (Å²) < 4.78 is 12.4. The molecule has 0 spiro atoms. The van der Waals surface area contributed by atoms with Crippen LogP contribution in [0.2, 0.25) is 0 Å². The van der Waals surface area contributed by atoms with Crippen molar-refractivity contribution in [3.05, 3.63) is 18.0 Å². The molecule has 1 heterocycles. The lowest BCUT2D eigenvalue weighted by Gasteiger charge is -2.18. The number of imidazole rings is 1. The Balaban J connectivity index is 2.80. The molecular formula is C16H22N2O4. The monoisotopic (exact) mass is 306 g/mol. The number of benzene rings is 1. The summed E-state index contributed by atoms with van der Waals surface area (Å²) in [5.41, 5.74) is 1.46. The van der Waals surface area contributed by atoms with E-state index in [1.54, 1.807) is 30.9 Å². The van der Waals surface area contributed by atoms with Crippen molar-refractivity contribution < 1.29 is 19.4 Å². The number of aliphatic carboxylic acids is 1. The largest absolute Gasteiger partial charge is 0.493 e. The van der Waals surface area contributed by atoms with Gasteiger partial charge in [-0.3, -0.25) is 0 Å². The number of methoxy groups -OCH3 is 2. The normalized spacial score (nSPS) is 12.6. The highest BCUT2D eigenvalue weighted by molar-refractivity contribution is 5.83. The number of nitrogens with zero attached hydrogens (tertiary/aromatic N) is 2. The minimum absolute atomic E-state index is 0.109. The van der Waals surface area contributed by atoms with Crippen molar-refractivity contribution in [1.29, 1.82) is 0 Å². The van der Waals surface area contributed by atoms with Crippen molar-refractivity contribution in [3.63, 3.8) is 0 Å². The van der Waals surface area contributed by atoms with Gasteiger partial charge in [-0.25, -0.2) is 9.78 Å². The topological polar surface area (TPSA) is 73.6 Å². The van der Waals surface area contributed by atoms with Crippen LogP contribution in [0.25, 0.3) is 11.0 Å². The third-order valence-corrected chi connectivity index (χ3v) is 3.72. The fraction of sp³-hybridized carbons (Fsp3) is 0.500. The van der Waals surface area contributed by atoms with Crippen LogP contribution in [0.4, 0.5) is 0 Å². The first-order chi connectivity index (χ1) is 10.4. The van der Waals surface area contributed by atoms with E-state index in [1.807, 2.05) is 20.8 Å². The standard InChI is InChI=1S/C16H22N2O4/c1-6-11(16(19)20)18-12-8-14(22-5)13(21-4)7-10(12)17-15(18)9(2)3/h7-9,11H,6H2,1-5H3,(H,19,20). The van der Waals surface area contributed by atoms with E-state index >= 15 is 0 Å². The molecule has 0 aliphatic carbocycles. The number of carboxylic acid groups (broad SMARTS) is 1. The van der Waals surface area contributed by atoms with E-state index in [2.05, 4.69) is 4.98 Å². The molecule has 0 saturated heterocycles. The lowest BCUT2D eigenvalue weighted by molar-refractivity contribution is -0.140. The highest BCUT2D eigenvalue weighted by Gasteiger charge is 2.26. The third-order valence-electron chi connectivity index (χ3n) is 3.72. The molecule has 0 amide bonds. The molecule has 2 rings (SSSR count). The van der Waals surface area contributed by atoms with Crippen molar-refractivity contribution in [1.82, 2.24) is 9.55 Å². The molecule has 0 radical (unpaired) electrons. The third kappa shape index (κ3) is 2.61. The molecule has 6 nitrogen and oxygen atoms in total. The minimum Gasteiger partial charge on any atom is -0.493 e. The van der Waals surface area contributed by atoms with Gasteiger partial charge in [-0.05, 0) is 6.42 Å². The SMILES string of the molecule is CCC(C(=O)O)n1c(C(C)C)nc2cc(OC)c(OC)cc21. The predicted molar refractivity (Wildman–Crippen MR) is 83.9 cm³/mol. The Morgan fingerprint density at radius 2 is 1.86 bits per heavy atom. The van der Waals surface area contributed by atoms with Crippen LogP contribution >= 0.6 is 0 Å². The maximum absolute atomic E-state index is 11.6. The average Bonchev–Trinajstić information content (AvgIpc) is 2.85. The number of carboxylic acids is 1. The van der Waals surface area contributed by atoms with E-state index in [0.29, 0.717) is 23.4 Å². The summed E-state index contributed by atoms with van der Waals surface area (Å²) in [6, 6.07) is 2.92. The number of fused-ring (bicyclic) bond motifs is 1. The highest BCUT2D eigenvalue weighted by atomic mass is 16.5. The predicted octanol–water partition coefficient (Wildman–Crippen LogP) is 3.21. The summed E-state index contributed by atoms with van der Waals surface area (Å²) in [6.07, 6.45) is 0.481. The Morgan fingerprint density at radius 3 is 2.32 bits per heavy atom. The Bertz CT molecular complexity index is 691. The van der Waals surface area contributed by atoms with Gasteiger partial charge in [0.1, 0.15) is 11.9 Å². The van der Waals surface area contributed by atoms with E-state index in [4.69, 9.17) is 9.47 Å². The number of rotatable bonds is 6. The maximum atomic E-state index is 11.6. The van der Waals surface area contributed by atoms with Crippen LogP contribution in [-0.4, -0.2) is 34.8 Å². The molecular weight excluding hydrogens is 284 g/mol. The Labute approximate surface area is 129 Å². The number of hydrogen-bond acceptors (Lipinski definition) is 4. The second-order valence-electron chi connectivity index (χ2n) is 5.45. The number of aromatic nitrogens is 2. The van der Waals surface area contributed by atoms with Gasteiger partial charge in [-0.2, -0.15) is 0 Å². The number of hydrogen-bond donors (Lipinski definition) is 1. The summed E-state index contributed by atoms with van der Waals surface area (Å²) in [4.78, 5) is 16.2. The number of carbonyl (C=O) groups is 1. The van der Waals surface area contributed by atoms with Crippen LogP contribution < -0.4 is 9.47 Å². The molecule has 0 saturated carbocycles. The van der Waals surface area contributed by atoms with Crippen LogP contribution in [0, 0.1) is 0 Å². The average molecular weight is 306 g/mol. The lowest BCUT2D eigenvalue weighted by Crippen LogP contribution is -2.20. The molecule has 1 aromatic heterocycles. The van der Waals surface area contributed by atoms with Crippen LogP contribution in [0.15, 0.2) is 12.1 Å². The van der Waals surface area contributed by atoms with E-state index in [9.17, 15) is 9.90 Å². The van der Waals surface area contributed by atoms with E-state index in [1.165, 1.54) is 0 Å². The van der Waals surface area contributed by atoms with Gasteiger partial charge >= 0.3 is 5.97 Å². The highest BCUT2D eigenvalue weighted by Crippen LogP contribution is 2.35. The Hall–Kier alpha value is -2.24. The maximum Gasteiger partial charge on any atom is 0.326 e. The zero-order valence-corrected chi connectivity index (χ0v) is 13.6. The molecule has 1 aromatic carbocycles. The first-order valence-corrected chi connectivity index (χ1v) is 7.31. The van der Waals surface area contributed by atoms with Gasteiger partial charge in [0.05, 0.1) is 25.3 Å². The van der Waals surface area contributed by atoms with E-state index in [-0.39, 0.29) is 5.92 Å². The summed E-state index contributed by atoms with van der Waals surface area (Å²) in [5.74, 6) is 1.14. The summed E-state index contributed by atoms with van der Waals surface area (Å²) in [7, 11) is 3.12. The molecule has 120 valence electrons. The van der Waals surface area contributed by atoms with Gasteiger partial charge in [-0.15, -0.1) is 0 Å². The van der Waals surface area contributed by atoms with Gasteiger partial charge in [0, 0.05) is 18.1 Å². The number of ether oxygens (including phenoxy) is 2. The van der Waals surface area contributed by atoms with Gasteiger partial charge in [0.25, 0.3) is 0 Å². The fourth-order valence-electron chi connectivity index (χ4n) is 2.64. The smallest absolute Gasteiger partial charge is 0.326 e. The van der Waals surface area contributed by atoms with Crippen LogP contribution in [0.3, 0.4) is 0 Å². The van der Waals surface area contributed by atoms with Gasteiger partial charge in [0.15, 0.2) is 11.5 Å². The van der Waals surface area contributed by atoms with Gasteiger partial charge < -0.3 is 19.1 Å². The fourth-order valence-corrected chi connectivity index (χ4v) is 2.64. The molecule has 1 N–H and O–H groups in total. The molecule has 0 aliphatic heterocycles. The van der Waals surface area contributed by atoms with Crippen molar-refractivity contribution >= 4 is 17.0 Å². The molecule has 2 aromatic rings. The Morgan fingerprint density at radius 1 is 1.27 bits per heavy atom. The van der Waals surface area contributed by atoms with Crippen LogP contribution in [0.1, 0.15) is 45.0 Å². The summed E-state index contributed by atoms with van der Waals surface area (Å²) in [5, 5.41) is 9.53. The summed E-state index contributed by atoms with van der Waals surface area (Å²) in [6.45, 7) is 5.86.